The van der Waals surface area contributed by atoms with Crippen LogP contribution in [0.15, 0.2) is 39.7 Å². The van der Waals surface area contributed by atoms with Crippen molar-refractivity contribution in [1.29, 1.82) is 0 Å². The number of rotatable bonds is 2. The first-order chi connectivity index (χ1) is 10.4. The fourth-order valence-electron chi connectivity index (χ4n) is 3.16. The zero-order valence-corrected chi connectivity index (χ0v) is 14.6. The van der Waals surface area contributed by atoms with Crippen LogP contribution in [0, 0.1) is 0 Å². The van der Waals surface area contributed by atoms with Gasteiger partial charge in [0, 0.05) is 7.05 Å². The summed E-state index contributed by atoms with van der Waals surface area (Å²) in [4.78, 5) is 12.0. The molecule has 22 heavy (non-hydrogen) atoms. The fourth-order valence-corrected chi connectivity index (χ4v) is 3.63. The van der Waals surface area contributed by atoms with Crippen LogP contribution in [0.5, 0.6) is 0 Å². The number of fused-ring (bicyclic) bond motifs is 1. The highest BCUT2D eigenvalue weighted by atomic mass is 79.9. The molecule has 0 radical (unpaired) electrons. The van der Waals surface area contributed by atoms with Gasteiger partial charge >= 0.3 is 0 Å². The molecule has 0 spiro atoms. The van der Waals surface area contributed by atoms with Crippen LogP contribution >= 0.6 is 15.9 Å². The largest absolute Gasteiger partial charge is 0.376 e. The number of halogens is 1. The van der Waals surface area contributed by atoms with Gasteiger partial charge < -0.3 is 5.32 Å². The Morgan fingerprint density at radius 3 is 2.86 bits per heavy atom. The molecular weight excluding hydrogens is 342 g/mol. The van der Waals surface area contributed by atoms with Crippen LogP contribution in [-0.4, -0.2) is 9.78 Å². The highest BCUT2D eigenvalue weighted by molar-refractivity contribution is 9.10. The molecule has 0 saturated heterocycles. The van der Waals surface area contributed by atoms with E-state index in [9.17, 15) is 4.79 Å². The van der Waals surface area contributed by atoms with Gasteiger partial charge in [-0.3, -0.25) is 4.79 Å². The van der Waals surface area contributed by atoms with E-state index in [1.54, 1.807) is 13.2 Å². The normalized spacial score (nSPS) is 19.5. The van der Waals surface area contributed by atoms with Gasteiger partial charge in [-0.2, -0.15) is 5.10 Å². The summed E-state index contributed by atoms with van der Waals surface area (Å²) in [6, 6.07) is 8.76. The van der Waals surface area contributed by atoms with Gasteiger partial charge in [0.25, 0.3) is 5.56 Å². The summed E-state index contributed by atoms with van der Waals surface area (Å²) in [5, 5.41) is 7.59. The summed E-state index contributed by atoms with van der Waals surface area (Å²) >= 11 is 3.38. The van der Waals surface area contributed by atoms with Gasteiger partial charge in [-0.05, 0) is 45.3 Å². The zero-order chi connectivity index (χ0) is 15.9. The van der Waals surface area contributed by atoms with Gasteiger partial charge in [0.1, 0.15) is 4.47 Å². The molecule has 0 fully saturated rings. The van der Waals surface area contributed by atoms with Gasteiger partial charge in [0.2, 0.25) is 0 Å². The molecule has 2 aromatic rings. The first-order valence-corrected chi connectivity index (χ1v) is 8.27. The van der Waals surface area contributed by atoms with Crippen LogP contribution < -0.4 is 10.9 Å². The molecule has 116 valence electrons. The topological polar surface area (TPSA) is 46.9 Å². The van der Waals surface area contributed by atoms with Crippen LogP contribution in [0.3, 0.4) is 0 Å². The van der Waals surface area contributed by atoms with Crippen molar-refractivity contribution in [3.8, 4) is 0 Å². The Labute approximate surface area is 138 Å². The summed E-state index contributed by atoms with van der Waals surface area (Å²) < 4.78 is 1.86. The SMILES string of the molecule is Cn1ncc(NC2CCC(C)(C)c3ccccc32)c(Br)c1=O. The third-order valence-electron chi connectivity index (χ3n) is 4.53. The van der Waals surface area contributed by atoms with E-state index in [0.29, 0.717) is 4.47 Å². The summed E-state index contributed by atoms with van der Waals surface area (Å²) in [5.41, 5.74) is 3.51. The van der Waals surface area contributed by atoms with E-state index in [1.165, 1.54) is 15.8 Å². The first-order valence-electron chi connectivity index (χ1n) is 7.48. The van der Waals surface area contributed by atoms with Crippen molar-refractivity contribution < 1.29 is 0 Å². The van der Waals surface area contributed by atoms with E-state index in [4.69, 9.17) is 0 Å². The monoisotopic (exact) mass is 361 g/mol. The molecule has 3 rings (SSSR count). The van der Waals surface area contributed by atoms with Gasteiger partial charge in [-0.1, -0.05) is 38.1 Å². The molecule has 1 unspecified atom stereocenters. The molecule has 0 aliphatic heterocycles. The summed E-state index contributed by atoms with van der Waals surface area (Å²) in [6.45, 7) is 4.58. The molecule has 0 bridgehead atoms. The number of hydrogen-bond acceptors (Lipinski definition) is 3. The highest BCUT2D eigenvalue weighted by Crippen LogP contribution is 2.42. The second-order valence-electron chi connectivity index (χ2n) is 6.51. The second-order valence-corrected chi connectivity index (χ2v) is 7.30. The second kappa shape index (κ2) is 5.54. The van der Waals surface area contributed by atoms with Crippen molar-refractivity contribution in [1.82, 2.24) is 9.78 Å². The lowest BCUT2D eigenvalue weighted by Crippen LogP contribution is -2.30. The summed E-state index contributed by atoms with van der Waals surface area (Å²) in [7, 11) is 1.65. The number of aryl methyl sites for hydroxylation is 1. The van der Waals surface area contributed by atoms with E-state index < -0.39 is 0 Å². The Kier molecular flexibility index (Phi) is 3.85. The standard InChI is InChI=1S/C17H20BrN3O/c1-17(2)9-8-13(11-6-4-5-7-12(11)17)20-14-10-19-21(3)16(22)15(14)18/h4-7,10,13,20H,8-9H2,1-3H3. The predicted molar refractivity (Wildman–Crippen MR) is 92.2 cm³/mol. The molecule has 5 heteroatoms. The molecule has 1 aromatic heterocycles. The highest BCUT2D eigenvalue weighted by Gasteiger charge is 2.32. The van der Waals surface area contributed by atoms with Crippen molar-refractivity contribution in [3.05, 3.63) is 56.4 Å². The number of hydrogen-bond donors (Lipinski definition) is 1. The van der Waals surface area contributed by atoms with Crippen molar-refractivity contribution in [3.63, 3.8) is 0 Å². The number of nitrogens with one attached hydrogen (secondary N) is 1. The van der Waals surface area contributed by atoms with Crippen molar-refractivity contribution in [2.45, 2.75) is 38.1 Å². The first kappa shape index (κ1) is 15.3. The maximum Gasteiger partial charge on any atom is 0.282 e. The Balaban J connectivity index is 1.98. The lowest BCUT2D eigenvalue weighted by atomic mass is 9.71. The lowest BCUT2D eigenvalue weighted by Gasteiger charge is -2.37. The van der Waals surface area contributed by atoms with Crippen molar-refractivity contribution in [2.24, 2.45) is 7.05 Å². The van der Waals surface area contributed by atoms with Gasteiger partial charge in [0.05, 0.1) is 17.9 Å². The summed E-state index contributed by atoms with van der Waals surface area (Å²) in [5.74, 6) is 0. The van der Waals surface area contributed by atoms with Crippen LogP contribution in [-0.2, 0) is 12.5 Å². The van der Waals surface area contributed by atoms with Crippen molar-refractivity contribution >= 4 is 21.6 Å². The Hall–Kier alpha value is -1.62. The molecule has 1 atom stereocenters. The lowest BCUT2D eigenvalue weighted by molar-refractivity contribution is 0.406. The molecule has 1 aliphatic rings. The van der Waals surface area contributed by atoms with Gasteiger partial charge in [0.15, 0.2) is 0 Å². The minimum absolute atomic E-state index is 0.130. The number of aromatic nitrogens is 2. The Bertz CT molecular complexity index is 767. The average molecular weight is 362 g/mol. The van der Waals surface area contributed by atoms with E-state index in [1.807, 2.05) is 0 Å². The van der Waals surface area contributed by atoms with Crippen LogP contribution in [0.1, 0.15) is 43.9 Å². The minimum Gasteiger partial charge on any atom is -0.376 e. The Morgan fingerprint density at radius 1 is 1.36 bits per heavy atom. The quantitative estimate of drug-likeness (QED) is 0.885. The predicted octanol–water partition coefficient (Wildman–Crippen LogP) is 3.77. The van der Waals surface area contributed by atoms with Crippen LogP contribution in [0.4, 0.5) is 5.69 Å². The zero-order valence-electron chi connectivity index (χ0n) is 13.1. The van der Waals surface area contributed by atoms with E-state index in [0.717, 1.165) is 18.5 Å². The molecule has 0 amide bonds. The number of nitrogens with zero attached hydrogens (tertiary/aromatic N) is 2. The average Bonchev–Trinajstić information content (AvgIpc) is 2.50. The fraction of sp³-hybridized carbons (Fsp3) is 0.412. The van der Waals surface area contributed by atoms with Crippen LogP contribution in [0.25, 0.3) is 0 Å². The van der Waals surface area contributed by atoms with E-state index >= 15 is 0 Å². The molecule has 4 nitrogen and oxygen atoms in total. The van der Waals surface area contributed by atoms with Gasteiger partial charge in [-0.15, -0.1) is 0 Å². The van der Waals surface area contributed by atoms with E-state index in [2.05, 4.69) is 64.5 Å². The number of benzene rings is 1. The summed E-state index contributed by atoms with van der Waals surface area (Å²) in [6.07, 6.45) is 3.84. The molecular formula is C17H20BrN3O. The molecule has 1 heterocycles. The van der Waals surface area contributed by atoms with Crippen molar-refractivity contribution in [2.75, 3.05) is 5.32 Å². The maximum atomic E-state index is 12.0. The smallest absolute Gasteiger partial charge is 0.282 e. The van der Waals surface area contributed by atoms with E-state index in [-0.39, 0.29) is 17.0 Å². The van der Waals surface area contributed by atoms with Gasteiger partial charge in [-0.25, -0.2) is 4.68 Å². The third kappa shape index (κ3) is 2.58. The molecule has 1 aliphatic carbocycles. The maximum absolute atomic E-state index is 12.0. The molecule has 1 aromatic carbocycles. The molecule has 0 saturated carbocycles. The third-order valence-corrected chi connectivity index (χ3v) is 5.30. The Morgan fingerprint density at radius 2 is 2.09 bits per heavy atom. The molecule has 1 N–H and O–H groups in total. The van der Waals surface area contributed by atoms with Crippen LogP contribution in [0.2, 0.25) is 0 Å². The minimum atomic E-state index is -0.130. The number of anilines is 1.